The molecule has 2 N–H and O–H groups in total. The highest BCUT2D eigenvalue weighted by Gasteiger charge is 2.15. The van der Waals surface area contributed by atoms with Gasteiger partial charge in [0.05, 0.1) is 5.69 Å². The Bertz CT molecular complexity index is 292. The van der Waals surface area contributed by atoms with E-state index < -0.39 is 0 Å². The van der Waals surface area contributed by atoms with Crippen LogP contribution in [0.5, 0.6) is 0 Å². The third-order valence-corrected chi connectivity index (χ3v) is 2.80. The summed E-state index contributed by atoms with van der Waals surface area (Å²) < 4.78 is 5.48. The van der Waals surface area contributed by atoms with E-state index in [9.17, 15) is 0 Å². The molecule has 0 unspecified atom stereocenters. The van der Waals surface area contributed by atoms with Crippen molar-refractivity contribution in [2.24, 2.45) is 5.73 Å². The number of hydrogen-bond acceptors (Lipinski definition) is 4. The maximum absolute atomic E-state index is 5.48. The quantitative estimate of drug-likeness (QED) is 0.817. The van der Waals surface area contributed by atoms with Crippen molar-refractivity contribution >= 4 is 6.01 Å². The second-order valence-electron chi connectivity index (χ2n) is 4.06. The molecule has 0 radical (unpaired) electrons. The molecule has 1 aromatic heterocycles. The fourth-order valence-electron chi connectivity index (χ4n) is 1.92. The highest BCUT2D eigenvalue weighted by atomic mass is 16.4. The lowest BCUT2D eigenvalue weighted by Crippen LogP contribution is -2.29. The lowest BCUT2D eigenvalue weighted by atomic mass is 10.1. The van der Waals surface area contributed by atoms with Crippen molar-refractivity contribution in [1.29, 1.82) is 0 Å². The molecule has 84 valence electrons. The Morgan fingerprint density at radius 3 is 2.87 bits per heavy atom. The van der Waals surface area contributed by atoms with Crippen LogP contribution in [0.15, 0.2) is 10.7 Å². The second-order valence-corrected chi connectivity index (χ2v) is 4.06. The van der Waals surface area contributed by atoms with Gasteiger partial charge >= 0.3 is 0 Å². The summed E-state index contributed by atoms with van der Waals surface area (Å²) in [7, 11) is 0. The Kier molecular flexibility index (Phi) is 3.61. The number of oxazole rings is 1. The maximum atomic E-state index is 5.48. The topological polar surface area (TPSA) is 55.3 Å². The molecule has 0 aromatic carbocycles. The van der Waals surface area contributed by atoms with Crippen molar-refractivity contribution < 1.29 is 4.42 Å². The van der Waals surface area contributed by atoms with Crippen molar-refractivity contribution in [3.05, 3.63) is 12.0 Å². The lowest BCUT2D eigenvalue weighted by Gasteiger charge is -2.24. The van der Waals surface area contributed by atoms with E-state index in [-0.39, 0.29) is 0 Å². The van der Waals surface area contributed by atoms with Crippen molar-refractivity contribution in [2.75, 3.05) is 24.5 Å². The van der Waals surface area contributed by atoms with Gasteiger partial charge in [-0.3, -0.25) is 0 Å². The average Bonchev–Trinajstić information content (AvgIpc) is 2.76. The number of aryl methyl sites for hydroxylation is 1. The van der Waals surface area contributed by atoms with E-state index in [0.717, 1.165) is 37.6 Å². The molecule has 4 heteroatoms. The zero-order valence-electron chi connectivity index (χ0n) is 9.11. The van der Waals surface area contributed by atoms with Crippen LogP contribution in [0.1, 0.15) is 31.4 Å². The molecule has 15 heavy (non-hydrogen) atoms. The summed E-state index contributed by atoms with van der Waals surface area (Å²) in [4.78, 5) is 6.71. The maximum Gasteiger partial charge on any atom is 0.297 e. The minimum absolute atomic E-state index is 0.714. The van der Waals surface area contributed by atoms with E-state index in [0.29, 0.717) is 6.54 Å². The molecule has 1 aliphatic rings. The minimum Gasteiger partial charge on any atom is -0.432 e. The number of nitrogens with zero attached hydrogens (tertiary/aromatic N) is 2. The Balaban J connectivity index is 1.93. The van der Waals surface area contributed by atoms with E-state index in [1.165, 1.54) is 19.3 Å². The molecular formula is C11H19N3O. The Hall–Kier alpha value is -1.03. The average molecular weight is 209 g/mol. The molecule has 0 saturated carbocycles. The Morgan fingerprint density at radius 2 is 2.13 bits per heavy atom. The first-order valence-electron chi connectivity index (χ1n) is 5.79. The van der Waals surface area contributed by atoms with Crippen LogP contribution in [-0.4, -0.2) is 24.6 Å². The summed E-state index contributed by atoms with van der Waals surface area (Å²) in [5, 5.41) is 0. The van der Waals surface area contributed by atoms with Crippen LogP contribution in [0.25, 0.3) is 0 Å². The smallest absolute Gasteiger partial charge is 0.297 e. The Morgan fingerprint density at radius 1 is 1.33 bits per heavy atom. The fourth-order valence-corrected chi connectivity index (χ4v) is 1.92. The van der Waals surface area contributed by atoms with Gasteiger partial charge in [0.1, 0.15) is 6.26 Å². The first kappa shape index (κ1) is 10.5. The summed E-state index contributed by atoms with van der Waals surface area (Å²) in [6.07, 6.45) is 7.50. The number of aromatic nitrogens is 1. The normalized spacial score (nSPS) is 17.0. The van der Waals surface area contributed by atoms with Crippen LogP contribution >= 0.6 is 0 Å². The van der Waals surface area contributed by atoms with E-state index in [1.54, 1.807) is 6.26 Å². The third kappa shape index (κ3) is 2.72. The van der Waals surface area contributed by atoms with Crippen LogP contribution in [-0.2, 0) is 6.42 Å². The first-order chi connectivity index (χ1) is 7.40. The van der Waals surface area contributed by atoms with E-state index in [2.05, 4.69) is 9.88 Å². The van der Waals surface area contributed by atoms with Crippen LogP contribution in [0, 0.1) is 0 Å². The highest BCUT2D eigenvalue weighted by Crippen LogP contribution is 2.19. The predicted molar refractivity (Wildman–Crippen MR) is 59.9 cm³/mol. The summed E-state index contributed by atoms with van der Waals surface area (Å²) in [6, 6.07) is 0.793. The molecule has 4 nitrogen and oxygen atoms in total. The molecule has 0 amide bonds. The standard InChI is InChI=1S/C11H19N3O/c12-6-4-5-10-9-15-11(13-10)14-7-2-1-3-8-14/h9H,1-8,12H2. The van der Waals surface area contributed by atoms with E-state index in [1.807, 2.05) is 0 Å². The van der Waals surface area contributed by atoms with Gasteiger partial charge in [-0.2, -0.15) is 4.98 Å². The highest BCUT2D eigenvalue weighted by molar-refractivity contribution is 5.27. The van der Waals surface area contributed by atoms with E-state index in [4.69, 9.17) is 10.2 Å². The van der Waals surface area contributed by atoms with Crippen molar-refractivity contribution in [3.8, 4) is 0 Å². The molecular weight excluding hydrogens is 190 g/mol. The van der Waals surface area contributed by atoms with Crippen LogP contribution < -0.4 is 10.6 Å². The minimum atomic E-state index is 0.714. The van der Waals surface area contributed by atoms with Gasteiger partial charge in [-0.25, -0.2) is 0 Å². The van der Waals surface area contributed by atoms with Gasteiger partial charge in [-0.1, -0.05) is 0 Å². The predicted octanol–water partition coefficient (Wildman–Crippen LogP) is 1.56. The lowest BCUT2D eigenvalue weighted by molar-refractivity contribution is 0.491. The molecule has 0 bridgehead atoms. The van der Waals surface area contributed by atoms with Gasteiger partial charge in [-0.15, -0.1) is 0 Å². The van der Waals surface area contributed by atoms with Crippen LogP contribution in [0.2, 0.25) is 0 Å². The number of hydrogen-bond donors (Lipinski definition) is 1. The number of nitrogens with two attached hydrogens (primary N) is 1. The molecule has 1 fully saturated rings. The molecule has 2 heterocycles. The molecule has 1 aromatic rings. The Labute approximate surface area is 90.5 Å². The number of anilines is 1. The fraction of sp³-hybridized carbons (Fsp3) is 0.727. The summed E-state index contributed by atoms with van der Waals surface area (Å²) in [6.45, 7) is 2.87. The zero-order valence-corrected chi connectivity index (χ0v) is 9.11. The first-order valence-corrected chi connectivity index (χ1v) is 5.79. The van der Waals surface area contributed by atoms with Gasteiger partial charge in [0.15, 0.2) is 0 Å². The molecule has 0 spiro atoms. The van der Waals surface area contributed by atoms with Gasteiger partial charge in [0, 0.05) is 13.1 Å². The summed E-state index contributed by atoms with van der Waals surface area (Å²) in [5.74, 6) is 0. The third-order valence-electron chi connectivity index (χ3n) is 2.80. The van der Waals surface area contributed by atoms with Gasteiger partial charge in [0.25, 0.3) is 6.01 Å². The number of rotatable bonds is 4. The monoisotopic (exact) mass is 209 g/mol. The van der Waals surface area contributed by atoms with Gasteiger partial charge in [0.2, 0.25) is 0 Å². The molecule has 1 aliphatic heterocycles. The van der Waals surface area contributed by atoms with Crippen LogP contribution in [0.3, 0.4) is 0 Å². The van der Waals surface area contributed by atoms with Crippen molar-refractivity contribution in [3.63, 3.8) is 0 Å². The second kappa shape index (κ2) is 5.16. The molecule has 0 atom stereocenters. The van der Waals surface area contributed by atoms with Crippen molar-refractivity contribution in [1.82, 2.24) is 4.98 Å². The molecule has 0 aliphatic carbocycles. The summed E-state index contributed by atoms with van der Waals surface area (Å²) in [5.41, 5.74) is 6.49. The zero-order chi connectivity index (χ0) is 10.5. The van der Waals surface area contributed by atoms with E-state index >= 15 is 0 Å². The van der Waals surface area contributed by atoms with Crippen LogP contribution in [0.4, 0.5) is 6.01 Å². The SMILES string of the molecule is NCCCc1coc(N2CCCCC2)n1. The number of piperidine rings is 1. The summed E-state index contributed by atoms with van der Waals surface area (Å²) >= 11 is 0. The van der Waals surface area contributed by atoms with Gasteiger partial charge in [-0.05, 0) is 38.6 Å². The van der Waals surface area contributed by atoms with Crippen molar-refractivity contribution in [2.45, 2.75) is 32.1 Å². The van der Waals surface area contributed by atoms with Gasteiger partial charge < -0.3 is 15.1 Å². The molecule has 2 rings (SSSR count). The largest absolute Gasteiger partial charge is 0.432 e. The molecule has 1 saturated heterocycles.